The van der Waals surface area contributed by atoms with Crippen molar-refractivity contribution in [2.45, 2.75) is 36.5 Å². The molecule has 0 saturated heterocycles. The van der Waals surface area contributed by atoms with Gasteiger partial charge in [0.15, 0.2) is 0 Å². The molecule has 1 aliphatic rings. The van der Waals surface area contributed by atoms with Gasteiger partial charge in [-0.15, -0.1) is 0 Å². The van der Waals surface area contributed by atoms with Gasteiger partial charge in [-0.1, -0.05) is 6.58 Å². The van der Waals surface area contributed by atoms with Gasteiger partial charge in [-0.05, 0) is 6.92 Å². The average molecular weight is 312 g/mol. The zero-order valence-electron chi connectivity index (χ0n) is 9.83. The second-order valence-electron chi connectivity index (χ2n) is 4.35. The monoisotopic (exact) mass is 312 g/mol. The highest BCUT2D eigenvalue weighted by Gasteiger charge is 2.93. The molecule has 0 aliphatic heterocycles. The van der Waals surface area contributed by atoms with Gasteiger partial charge in [-0.25, -0.2) is 13.6 Å². The van der Waals surface area contributed by atoms with Crippen molar-refractivity contribution in [1.82, 2.24) is 0 Å². The number of halogens is 8. The Morgan fingerprint density at radius 1 is 1.10 bits per heavy atom. The molecule has 0 heterocycles. The van der Waals surface area contributed by atoms with Crippen LogP contribution in [-0.2, 0) is 9.53 Å². The average Bonchev–Trinajstić information content (AvgIpc) is 2.38. The molecule has 1 fully saturated rings. The van der Waals surface area contributed by atoms with Crippen molar-refractivity contribution in [3.05, 3.63) is 12.2 Å². The summed E-state index contributed by atoms with van der Waals surface area (Å²) in [6.07, 6.45) is -4.54. The van der Waals surface area contributed by atoms with Crippen LogP contribution in [0, 0.1) is 0 Å². The predicted octanol–water partition coefficient (Wildman–Crippen LogP) is 3.07. The number of ether oxygens (including phenoxy) is 1. The molecular weight excluding hydrogens is 304 g/mol. The summed E-state index contributed by atoms with van der Waals surface area (Å²) < 4.78 is 108. The fraction of sp³-hybridized carbons (Fsp3) is 0.700. The fourth-order valence-electron chi connectivity index (χ4n) is 1.53. The summed E-state index contributed by atoms with van der Waals surface area (Å²) >= 11 is 0. The third-order valence-electron chi connectivity index (χ3n) is 2.82. The summed E-state index contributed by atoms with van der Waals surface area (Å²) in [5, 5.41) is 0. The van der Waals surface area contributed by atoms with E-state index in [2.05, 4.69) is 11.3 Å². The van der Waals surface area contributed by atoms with Crippen molar-refractivity contribution < 1.29 is 44.7 Å². The minimum Gasteiger partial charge on any atom is -0.459 e. The molecule has 1 saturated carbocycles. The molecule has 2 unspecified atom stereocenters. The van der Waals surface area contributed by atoms with Crippen LogP contribution in [0.2, 0.25) is 0 Å². The lowest BCUT2D eigenvalue weighted by Gasteiger charge is -2.28. The Morgan fingerprint density at radius 2 is 1.55 bits per heavy atom. The lowest BCUT2D eigenvalue weighted by atomic mass is 10.0. The van der Waals surface area contributed by atoms with Gasteiger partial charge < -0.3 is 4.74 Å². The molecule has 10 heteroatoms. The number of alkyl halides is 8. The predicted molar refractivity (Wildman–Crippen MR) is 49.3 cm³/mol. The SMILES string of the molecule is C=C(C)C(=O)OCC1(F)C(F)C(F)(F)C(F)(F)C1(F)F. The van der Waals surface area contributed by atoms with E-state index >= 15 is 0 Å². The quantitative estimate of drug-likeness (QED) is 0.455. The molecule has 0 bridgehead atoms. The Hall–Kier alpha value is -1.35. The molecule has 116 valence electrons. The van der Waals surface area contributed by atoms with Crippen molar-refractivity contribution in [1.29, 1.82) is 0 Å². The van der Waals surface area contributed by atoms with Crippen LogP contribution in [0.25, 0.3) is 0 Å². The maximum atomic E-state index is 13.7. The van der Waals surface area contributed by atoms with Crippen molar-refractivity contribution in [2.24, 2.45) is 0 Å². The standard InChI is InChI=1S/C10H8F8O2/c1-4(2)5(19)20-3-7(12)6(11)8(13,14)10(17,18)9(7,15)16/h6H,1,3H2,2H3. The Morgan fingerprint density at radius 3 is 1.85 bits per heavy atom. The molecule has 2 atom stereocenters. The zero-order chi connectivity index (χ0) is 16.1. The highest BCUT2D eigenvalue weighted by Crippen LogP contribution is 2.63. The highest BCUT2D eigenvalue weighted by atomic mass is 19.4. The molecule has 0 radical (unpaired) electrons. The largest absolute Gasteiger partial charge is 0.459 e. The third-order valence-corrected chi connectivity index (χ3v) is 2.82. The maximum absolute atomic E-state index is 13.7. The maximum Gasteiger partial charge on any atom is 0.378 e. The van der Waals surface area contributed by atoms with Crippen molar-refractivity contribution >= 4 is 5.97 Å². The molecule has 0 aromatic heterocycles. The second kappa shape index (κ2) is 4.32. The summed E-state index contributed by atoms with van der Waals surface area (Å²) in [6.45, 7) is 1.66. The summed E-state index contributed by atoms with van der Waals surface area (Å²) in [5.74, 6) is -19.8. The number of rotatable bonds is 3. The van der Waals surface area contributed by atoms with Crippen LogP contribution in [0.5, 0.6) is 0 Å². The first-order valence-corrected chi connectivity index (χ1v) is 5.02. The molecule has 0 aromatic carbocycles. The van der Waals surface area contributed by atoms with E-state index in [4.69, 9.17) is 0 Å². The van der Waals surface area contributed by atoms with Gasteiger partial charge in [0.2, 0.25) is 6.17 Å². The van der Waals surface area contributed by atoms with Gasteiger partial charge in [-0.2, -0.15) is 26.3 Å². The summed E-state index contributed by atoms with van der Waals surface area (Å²) in [7, 11) is 0. The molecule has 2 nitrogen and oxygen atoms in total. The van der Waals surface area contributed by atoms with Crippen LogP contribution in [0.1, 0.15) is 6.92 Å². The van der Waals surface area contributed by atoms with Crippen molar-refractivity contribution in [3.8, 4) is 0 Å². The van der Waals surface area contributed by atoms with E-state index in [1.165, 1.54) is 0 Å². The second-order valence-corrected chi connectivity index (χ2v) is 4.35. The van der Waals surface area contributed by atoms with Crippen LogP contribution >= 0.6 is 0 Å². The van der Waals surface area contributed by atoms with Crippen LogP contribution in [0.3, 0.4) is 0 Å². The molecule has 0 spiro atoms. The number of esters is 1. The van der Waals surface area contributed by atoms with Crippen LogP contribution in [0.4, 0.5) is 35.1 Å². The molecule has 0 amide bonds. The lowest BCUT2D eigenvalue weighted by Crippen LogP contribution is -2.55. The summed E-state index contributed by atoms with van der Waals surface area (Å²) in [6, 6.07) is 0. The summed E-state index contributed by atoms with van der Waals surface area (Å²) in [5.41, 5.74) is -5.49. The first kappa shape index (κ1) is 16.7. The molecule has 20 heavy (non-hydrogen) atoms. The molecule has 1 aliphatic carbocycles. The fourth-order valence-corrected chi connectivity index (χ4v) is 1.53. The Kier molecular flexibility index (Phi) is 3.61. The van der Waals surface area contributed by atoms with E-state index in [1.54, 1.807) is 0 Å². The lowest BCUT2D eigenvalue weighted by molar-refractivity contribution is -0.291. The Balaban J connectivity index is 3.16. The van der Waals surface area contributed by atoms with E-state index in [1.807, 2.05) is 0 Å². The highest BCUT2D eigenvalue weighted by molar-refractivity contribution is 5.86. The number of hydrogen-bond donors (Lipinski definition) is 0. The minimum absolute atomic E-state index is 0.441. The van der Waals surface area contributed by atoms with Gasteiger partial charge in [0.1, 0.15) is 6.61 Å². The van der Waals surface area contributed by atoms with Gasteiger partial charge >= 0.3 is 23.7 Å². The molecule has 1 rings (SSSR count). The van der Waals surface area contributed by atoms with Gasteiger partial charge in [0.25, 0.3) is 5.67 Å². The molecular formula is C10H8F8O2. The van der Waals surface area contributed by atoms with E-state index in [9.17, 15) is 39.9 Å². The zero-order valence-corrected chi connectivity index (χ0v) is 9.83. The van der Waals surface area contributed by atoms with E-state index < -0.39 is 47.8 Å². The summed E-state index contributed by atoms with van der Waals surface area (Å²) in [4.78, 5) is 10.9. The van der Waals surface area contributed by atoms with Crippen LogP contribution in [-0.4, -0.2) is 42.2 Å². The Labute approximate surface area is 107 Å². The van der Waals surface area contributed by atoms with E-state index in [0.717, 1.165) is 6.92 Å². The smallest absolute Gasteiger partial charge is 0.378 e. The van der Waals surface area contributed by atoms with E-state index in [0.29, 0.717) is 0 Å². The number of hydrogen-bond acceptors (Lipinski definition) is 2. The topological polar surface area (TPSA) is 26.3 Å². The van der Waals surface area contributed by atoms with Gasteiger partial charge in [0.05, 0.1) is 0 Å². The van der Waals surface area contributed by atoms with Crippen LogP contribution in [0.15, 0.2) is 12.2 Å². The third kappa shape index (κ3) is 1.80. The first-order chi connectivity index (χ1) is 8.73. The van der Waals surface area contributed by atoms with Crippen LogP contribution < -0.4 is 0 Å². The molecule has 0 N–H and O–H groups in total. The van der Waals surface area contributed by atoms with Crippen molar-refractivity contribution in [2.75, 3.05) is 6.61 Å². The Bertz CT molecular complexity index is 447. The normalized spacial score (nSPS) is 33.8. The van der Waals surface area contributed by atoms with Gasteiger partial charge in [0, 0.05) is 5.57 Å². The first-order valence-electron chi connectivity index (χ1n) is 5.02. The number of carbonyl (C=O) groups is 1. The van der Waals surface area contributed by atoms with E-state index in [-0.39, 0.29) is 0 Å². The van der Waals surface area contributed by atoms with Gasteiger partial charge in [-0.3, -0.25) is 0 Å². The minimum atomic E-state index is -6.26. The number of carbonyl (C=O) groups excluding carboxylic acids is 1. The molecule has 0 aromatic rings. The van der Waals surface area contributed by atoms with Crippen molar-refractivity contribution in [3.63, 3.8) is 0 Å².